The molecular formula is C11H14ClN3OS. The van der Waals surface area contributed by atoms with Crippen LogP contribution in [-0.4, -0.2) is 14.1 Å². The minimum atomic E-state index is 0.0227. The number of hydrogen-bond donors (Lipinski definition) is 0. The van der Waals surface area contributed by atoms with Gasteiger partial charge in [-0.1, -0.05) is 6.92 Å². The maximum atomic E-state index is 11.9. The summed E-state index contributed by atoms with van der Waals surface area (Å²) in [6.45, 7) is 3.34. The van der Waals surface area contributed by atoms with E-state index < -0.39 is 0 Å². The lowest BCUT2D eigenvalue weighted by atomic mass is 10.5. The van der Waals surface area contributed by atoms with Crippen LogP contribution in [0.4, 0.5) is 0 Å². The molecule has 0 atom stereocenters. The van der Waals surface area contributed by atoms with E-state index in [0.29, 0.717) is 12.4 Å². The molecule has 0 aliphatic carbocycles. The highest BCUT2D eigenvalue weighted by atomic mass is 35.5. The van der Waals surface area contributed by atoms with Crippen LogP contribution in [-0.2, 0) is 19.0 Å². The van der Waals surface area contributed by atoms with E-state index in [1.165, 1.54) is 11.3 Å². The van der Waals surface area contributed by atoms with Gasteiger partial charge >= 0.3 is 5.69 Å². The van der Waals surface area contributed by atoms with E-state index >= 15 is 0 Å². The Morgan fingerprint density at radius 3 is 2.82 bits per heavy atom. The number of aromatic nitrogens is 3. The Balaban J connectivity index is 2.16. The van der Waals surface area contributed by atoms with Crippen molar-refractivity contribution in [3.05, 3.63) is 39.0 Å². The molecule has 2 heterocycles. The van der Waals surface area contributed by atoms with Crippen LogP contribution in [0.25, 0.3) is 0 Å². The molecule has 0 aromatic carbocycles. The Bertz CT molecular complexity index is 543. The fourth-order valence-electron chi connectivity index (χ4n) is 1.61. The molecule has 0 fully saturated rings. The first-order chi connectivity index (χ1) is 8.24. The largest absolute Gasteiger partial charge is 0.328 e. The van der Waals surface area contributed by atoms with Crippen LogP contribution in [0.15, 0.2) is 22.6 Å². The molecule has 0 spiro atoms. The molecule has 0 amide bonds. The van der Waals surface area contributed by atoms with Crippen molar-refractivity contribution in [1.29, 1.82) is 0 Å². The third-order valence-corrected chi connectivity index (χ3v) is 3.58. The molecule has 0 bridgehead atoms. The molecule has 92 valence electrons. The molecule has 2 aromatic heterocycles. The number of nitrogens with zero attached hydrogens (tertiary/aromatic N) is 3. The fraction of sp³-hybridized carbons (Fsp3) is 0.455. The second kappa shape index (κ2) is 5.51. The first-order valence-electron chi connectivity index (χ1n) is 5.49. The normalized spacial score (nSPS) is 10.9. The first-order valence-corrected chi connectivity index (χ1v) is 6.90. The molecule has 0 saturated heterocycles. The number of rotatable bonds is 5. The van der Waals surface area contributed by atoms with Gasteiger partial charge in [0.15, 0.2) is 0 Å². The summed E-state index contributed by atoms with van der Waals surface area (Å²) in [7, 11) is 0. The van der Waals surface area contributed by atoms with Gasteiger partial charge in [0.2, 0.25) is 0 Å². The van der Waals surface area contributed by atoms with Crippen molar-refractivity contribution >= 4 is 22.9 Å². The van der Waals surface area contributed by atoms with E-state index in [1.807, 2.05) is 11.6 Å². The summed E-state index contributed by atoms with van der Waals surface area (Å²) in [4.78, 5) is 16.3. The van der Waals surface area contributed by atoms with Gasteiger partial charge in [-0.3, -0.25) is 9.13 Å². The Morgan fingerprint density at radius 2 is 2.18 bits per heavy atom. The maximum Gasteiger partial charge on any atom is 0.328 e. The summed E-state index contributed by atoms with van der Waals surface area (Å²) in [5.74, 6) is 0.419. The number of hydrogen-bond acceptors (Lipinski definition) is 3. The lowest BCUT2D eigenvalue weighted by Crippen LogP contribution is -2.24. The second-order valence-corrected chi connectivity index (χ2v) is 4.98. The fourth-order valence-corrected chi connectivity index (χ4v) is 2.63. The number of aryl methyl sites for hydroxylation is 1. The van der Waals surface area contributed by atoms with Gasteiger partial charge in [-0.15, -0.1) is 22.9 Å². The first kappa shape index (κ1) is 12.4. The van der Waals surface area contributed by atoms with Crippen LogP contribution in [0.5, 0.6) is 0 Å². The zero-order valence-corrected chi connectivity index (χ0v) is 11.2. The van der Waals surface area contributed by atoms with E-state index in [2.05, 4.69) is 11.9 Å². The van der Waals surface area contributed by atoms with Crippen LogP contribution in [0, 0.1) is 0 Å². The summed E-state index contributed by atoms with van der Waals surface area (Å²) in [6, 6.07) is 0. The van der Waals surface area contributed by atoms with Gasteiger partial charge in [0.05, 0.1) is 18.1 Å². The zero-order chi connectivity index (χ0) is 12.3. The van der Waals surface area contributed by atoms with Crippen molar-refractivity contribution in [3.8, 4) is 0 Å². The molecule has 6 heteroatoms. The van der Waals surface area contributed by atoms with Crippen LogP contribution in [0.3, 0.4) is 0 Å². The Labute approximate surface area is 108 Å². The van der Waals surface area contributed by atoms with Crippen LogP contribution >= 0.6 is 22.9 Å². The number of halogens is 1. The molecule has 17 heavy (non-hydrogen) atoms. The minimum Gasteiger partial charge on any atom is -0.299 e. The monoisotopic (exact) mass is 271 g/mol. The van der Waals surface area contributed by atoms with E-state index in [1.54, 1.807) is 15.3 Å². The number of alkyl halides is 1. The molecule has 0 aliphatic heterocycles. The van der Waals surface area contributed by atoms with E-state index in [0.717, 1.165) is 23.7 Å². The van der Waals surface area contributed by atoms with Crippen molar-refractivity contribution < 1.29 is 0 Å². The van der Waals surface area contributed by atoms with Crippen LogP contribution in [0.2, 0.25) is 0 Å². The Hall–Kier alpha value is -1.07. The Morgan fingerprint density at radius 1 is 1.41 bits per heavy atom. The molecule has 0 saturated carbocycles. The predicted octanol–water partition coefficient (Wildman–Crippen LogP) is 2.30. The molecular weight excluding hydrogens is 258 g/mol. The molecule has 4 nitrogen and oxygen atoms in total. The predicted molar refractivity (Wildman–Crippen MR) is 69.8 cm³/mol. The molecule has 2 rings (SSSR count). The van der Waals surface area contributed by atoms with E-state index in [9.17, 15) is 4.79 Å². The summed E-state index contributed by atoms with van der Waals surface area (Å²) < 4.78 is 3.39. The quantitative estimate of drug-likeness (QED) is 0.783. The van der Waals surface area contributed by atoms with Crippen molar-refractivity contribution in [1.82, 2.24) is 14.1 Å². The summed E-state index contributed by atoms with van der Waals surface area (Å²) in [5, 5.41) is 2.84. The van der Waals surface area contributed by atoms with Gasteiger partial charge in [0.25, 0.3) is 0 Å². The van der Waals surface area contributed by atoms with Gasteiger partial charge in [-0.25, -0.2) is 9.78 Å². The van der Waals surface area contributed by atoms with Crippen molar-refractivity contribution in [2.45, 2.75) is 32.3 Å². The third kappa shape index (κ3) is 2.79. The van der Waals surface area contributed by atoms with Gasteiger partial charge < -0.3 is 0 Å². The Kier molecular flexibility index (Phi) is 4.02. The summed E-state index contributed by atoms with van der Waals surface area (Å²) in [6.07, 6.45) is 4.58. The average Bonchev–Trinajstić information content (AvgIpc) is 2.91. The zero-order valence-electron chi connectivity index (χ0n) is 9.60. The molecule has 0 unspecified atom stereocenters. The number of thiazole rings is 1. The standard InChI is InChI=1S/C11H14ClN3OS/c1-2-3-14-4-5-15(11(14)16)7-10-13-9(6-12)8-17-10/h4-5,8H,2-3,6-7H2,1H3. The van der Waals surface area contributed by atoms with Gasteiger partial charge in [-0.2, -0.15) is 0 Å². The smallest absolute Gasteiger partial charge is 0.299 e. The lowest BCUT2D eigenvalue weighted by molar-refractivity contribution is 0.623. The summed E-state index contributed by atoms with van der Waals surface area (Å²) in [5.41, 5.74) is 0.891. The summed E-state index contributed by atoms with van der Waals surface area (Å²) >= 11 is 7.23. The van der Waals surface area contributed by atoms with Crippen molar-refractivity contribution in [2.75, 3.05) is 0 Å². The second-order valence-electron chi connectivity index (χ2n) is 3.77. The molecule has 0 N–H and O–H groups in total. The molecule has 0 aliphatic rings. The average molecular weight is 272 g/mol. The van der Waals surface area contributed by atoms with E-state index in [4.69, 9.17) is 11.6 Å². The lowest BCUT2D eigenvalue weighted by Gasteiger charge is -1.98. The van der Waals surface area contributed by atoms with Crippen molar-refractivity contribution in [3.63, 3.8) is 0 Å². The highest BCUT2D eigenvalue weighted by Gasteiger charge is 2.06. The molecule has 0 radical (unpaired) electrons. The van der Waals surface area contributed by atoms with Gasteiger partial charge in [0, 0.05) is 24.3 Å². The maximum absolute atomic E-state index is 11.9. The van der Waals surface area contributed by atoms with Gasteiger partial charge in [-0.05, 0) is 6.42 Å². The SMILES string of the molecule is CCCn1ccn(Cc2nc(CCl)cs2)c1=O. The minimum absolute atomic E-state index is 0.0227. The highest BCUT2D eigenvalue weighted by molar-refractivity contribution is 7.09. The van der Waals surface area contributed by atoms with E-state index in [-0.39, 0.29) is 5.69 Å². The topological polar surface area (TPSA) is 39.8 Å². The van der Waals surface area contributed by atoms with Crippen molar-refractivity contribution in [2.24, 2.45) is 0 Å². The third-order valence-electron chi connectivity index (χ3n) is 2.42. The van der Waals surface area contributed by atoms with Crippen LogP contribution < -0.4 is 5.69 Å². The van der Waals surface area contributed by atoms with Gasteiger partial charge in [0.1, 0.15) is 5.01 Å². The highest BCUT2D eigenvalue weighted by Crippen LogP contribution is 2.12. The van der Waals surface area contributed by atoms with Crippen LogP contribution in [0.1, 0.15) is 24.0 Å². The molecule has 2 aromatic rings. The number of imidazole rings is 1.